The van der Waals surface area contributed by atoms with Crippen LogP contribution in [0.15, 0.2) is 267 Å². The maximum Gasteiger partial charge on any atom is 0.412 e. The second kappa shape index (κ2) is 48.1. The molecule has 12 aromatic carbocycles. The number of nitrogens with one attached hydrogen (secondary N) is 5. The van der Waals surface area contributed by atoms with E-state index in [9.17, 15) is 69.6 Å². The number of aromatic hydroxyl groups is 8. The largest absolute Gasteiger partial charge is 0.506 e. The molecule has 0 spiro atoms. The summed E-state index contributed by atoms with van der Waals surface area (Å²) in [6.45, 7) is 26.4. The molecule has 0 atom stereocenters. The number of halogens is 1. The van der Waals surface area contributed by atoms with Crippen LogP contribution >= 0.6 is 11.6 Å². The molecule has 0 saturated heterocycles. The minimum atomic E-state index is -0.602. The number of hydrogen-bond acceptors (Lipinski definition) is 16. The van der Waals surface area contributed by atoms with Crippen LogP contribution in [-0.2, 0) is 32.4 Å². The van der Waals surface area contributed by atoms with Gasteiger partial charge in [0.15, 0.2) is 5.75 Å². The molecular weight excluding hydrogens is 1670 g/mol. The van der Waals surface area contributed by atoms with E-state index in [-0.39, 0.29) is 137 Å². The normalized spacial score (nSPS) is 11.5. The van der Waals surface area contributed by atoms with Crippen molar-refractivity contribution in [1.82, 2.24) is 4.98 Å². The smallest absolute Gasteiger partial charge is 0.412 e. The van der Waals surface area contributed by atoms with Crippen molar-refractivity contribution in [2.75, 3.05) is 38.5 Å². The highest BCUT2D eigenvalue weighted by molar-refractivity contribution is 6.33. The maximum atomic E-state index is 12.5. The molecule has 23 heteroatoms. The van der Waals surface area contributed by atoms with E-state index in [0.29, 0.717) is 67.5 Å². The molecular formula is C108H126ClN7O15. The molecule has 1 aromatic heterocycles. The van der Waals surface area contributed by atoms with Gasteiger partial charge in [0, 0.05) is 75.2 Å². The highest BCUT2D eigenvalue weighted by Crippen LogP contribution is 2.49. The van der Waals surface area contributed by atoms with Crippen molar-refractivity contribution in [3.63, 3.8) is 0 Å². The van der Waals surface area contributed by atoms with Crippen LogP contribution in [0, 0.1) is 5.92 Å². The average molecular weight is 1800 g/mol. The van der Waals surface area contributed by atoms with Crippen LogP contribution < -0.4 is 31.5 Å². The Hall–Kier alpha value is -14.4. The summed E-state index contributed by atoms with van der Waals surface area (Å²) in [6, 6.07) is 75.4. The predicted molar refractivity (Wildman–Crippen MR) is 532 cm³/mol. The van der Waals surface area contributed by atoms with Gasteiger partial charge in [0.25, 0.3) is 23.6 Å². The Balaban J connectivity index is 0.000000241. The summed E-state index contributed by atoms with van der Waals surface area (Å²) in [7, 11) is 1.48. The Morgan fingerprint density at radius 2 is 0.809 bits per heavy atom. The van der Waals surface area contributed by atoms with Gasteiger partial charge in [0.1, 0.15) is 63.9 Å². The van der Waals surface area contributed by atoms with Crippen molar-refractivity contribution in [2.24, 2.45) is 5.92 Å². The first-order chi connectivity index (χ1) is 60.7. The summed E-state index contributed by atoms with van der Waals surface area (Å²) in [4.78, 5) is 78.2. The van der Waals surface area contributed by atoms with Gasteiger partial charge in [-0.2, -0.15) is 0 Å². The zero-order valence-corrected chi connectivity index (χ0v) is 75.3. The zero-order chi connectivity index (χ0) is 93.3. The van der Waals surface area contributed by atoms with Crippen LogP contribution in [0.1, 0.15) is 231 Å². The fourth-order valence-electron chi connectivity index (χ4n) is 13.8. The average Bonchev–Trinajstić information content (AvgIpc) is 1.33. The number of phenolic OH excluding ortho intramolecular Hbond substituents is 8. The number of amides is 6. The van der Waals surface area contributed by atoms with E-state index in [2.05, 4.69) is 77.5 Å². The first-order valence-electron chi connectivity index (χ1n) is 42.2. The first kappa shape index (κ1) is 105. The van der Waals surface area contributed by atoms with E-state index in [1.165, 1.54) is 60.0 Å². The highest BCUT2D eigenvalue weighted by atomic mass is 35.5. The standard InChI is InChI=1S/C21H27NO3.C19H23NO.C18H15NO3.C17H18ClNO3.C17H19NO2.C13H12N2O3.3CH4/c1-20(2,3)14-12-15(21(4,5)6)18(24)16(17(14)23)22-19(25)13-10-8-7-9-11-13;1-13(2)16-10-17(14(3)4)12-18(11-16)20-19(21)15-8-6-5-7-9-15;20-17-15-9-5-4-8-14(15)10-11-16(17)19-18(21)22-12-13-6-2-1-3-7-13;1-17(2,3)11-9-12(18)15(21)13(14(11)20)19-16(22)10-7-5-4-6-8-10;19-16-14-9-5-4-6-12(14)10-11-15(16)18-17(20)13-7-2-1-3-8-13;1-15(12-10(16)5-2-6-11(12)17)13(18)9-4-3-7-14-8-9;;;/h7-12,23-24H,1-6H3,(H,22,25);5-14H,1-4H3,(H,20,21);1-11,20H,12H2,(H,19,21);4-9,20-21H,1-3H3,(H,19,22);4-6,9-11,13,19H,1-3,7-8H2,(H,18,20);2-8,16-17H,1H3;3*1H4. The Kier molecular flexibility index (Phi) is 38.7. The SMILES string of the molecule is C.C.C.CC(C)(C)c1cc(C(C)(C)C)c(O)c(NC(=O)c2ccccc2)c1O.CC(C)(C)c1cc(Cl)c(O)c(NC(=O)c2ccccc2)c1O.CC(C)c1cc(NC(=O)c2ccccc2)cc(C(C)C)c1.CN(C(=O)c1cccnc1)c1c(O)cccc1O.O=C(Nc1ccc2ccccc2c1O)C1CCCCC1.O=C(Nc1ccc2ccccc2c1O)OCc1ccccc1. The van der Waals surface area contributed by atoms with Crippen LogP contribution in [0.25, 0.3) is 21.5 Å². The summed E-state index contributed by atoms with van der Waals surface area (Å²) >= 11 is 6.01. The Labute approximate surface area is 775 Å². The molecule has 13 N–H and O–H groups in total. The number of anilines is 6. The molecule has 13 aromatic rings. The van der Waals surface area contributed by atoms with Gasteiger partial charge in [-0.05, 0) is 165 Å². The maximum absolute atomic E-state index is 12.5. The fourth-order valence-corrected chi connectivity index (χ4v) is 14.0. The number of nitrogens with zero attached hydrogens (tertiary/aromatic N) is 2. The van der Waals surface area contributed by atoms with Crippen LogP contribution in [0.2, 0.25) is 5.02 Å². The molecule has 0 aliphatic heterocycles. The molecule has 1 aliphatic carbocycles. The number of fused-ring (bicyclic) bond motifs is 2. The fraction of sp³-hybridized carbons (Fsp3) is 0.269. The molecule has 22 nitrogen and oxygen atoms in total. The van der Waals surface area contributed by atoms with E-state index in [1.54, 1.807) is 91.1 Å². The lowest BCUT2D eigenvalue weighted by Crippen LogP contribution is -2.26. The highest BCUT2D eigenvalue weighted by Gasteiger charge is 2.32. The molecule has 690 valence electrons. The molecule has 6 amide bonds. The summed E-state index contributed by atoms with van der Waals surface area (Å²) in [5.74, 6) is -1.07. The predicted octanol–water partition coefficient (Wildman–Crippen LogP) is 26.5. The van der Waals surface area contributed by atoms with E-state index in [1.807, 2.05) is 190 Å². The van der Waals surface area contributed by atoms with Gasteiger partial charge in [-0.15, -0.1) is 0 Å². The van der Waals surface area contributed by atoms with Gasteiger partial charge in [-0.3, -0.25) is 34.3 Å². The van der Waals surface area contributed by atoms with Gasteiger partial charge < -0.3 is 71.8 Å². The lowest BCUT2D eigenvalue weighted by atomic mass is 9.79. The number of rotatable bonds is 15. The summed E-state index contributed by atoms with van der Waals surface area (Å²) in [5, 5.41) is 98.8. The van der Waals surface area contributed by atoms with Gasteiger partial charge in [0.2, 0.25) is 5.91 Å². The van der Waals surface area contributed by atoms with Crippen molar-refractivity contribution in [2.45, 2.75) is 179 Å². The van der Waals surface area contributed by atoms with E-state index in [0.717, 1.165) is 53.1 Å². The Bertz CT molecular complexity index is 5910. The monoisotopic (exact) mass is 1800 g/mol. The van der Waals surface area contributed by atoms with Gasteiger partial charge in [-0.25, -0.2) is 4.79 Å². The van der Waals surface area contributed by atoms with Crippen molar-refractivity contribution < 1.29 is 74.4 Å². The molecule has 14 rings (SSSR count). The number of carbonyl (C=O) groups excluding carboxylic acids is 6. The molecule has 1 heterocycles. The number of carbonyl (C=O) groups is 6. The minimum absolute atomic E-state index is 0. The third-order valence-corrected chi connectivity index (χ3v) is 21.4. The van der Waals surface area contributed by atoms with E-state index < -0.39 is 17.4 Å². The molecule has 1 fully saturated rings. The molecule has 0 bridgehead atoms. The molecule has 1 saturated carbocycles. The number of aromatic nitrogens is 1. The van der Waals surface area contributed by atoms with Crippen molar-refractivity contribution in [3.8, 4) is 46.0 Å². The summed E-state index contributed by atoms with van der Waals surface area (Å²) < 4.78 is 5.14. The van der Waals surface area contributed by atoms with Gasteiger partial charge in [0.05, 0.1) is 22.0 Å². The van der Waals surface area contributed by atoms with Crippen LogP contribution in [0.5, 0.6) is 46.0 Å². The lowest BCUT2D eigenvalue weighted by Gasteiger charge is -2.28. The van der Waals surface area contributed by atoms with E-state index >= 15 is 0 Å². The molecule has 1 aliphatic rings. The number of benzene rings is 12. The lowest BCUT2D eigenvalue weighted by molar-refractivity contribution is -0.120. The van der Waals surface area contributed by atoms with Gasteiger partial charge >= 0.3 is 6.09 Å². The third-order valence-electron chi connectivity index (χ3n) is 21.1. The Morgan fingerprint density at radius 3 is 1.23 bits per heavy atom. The van der Waals surface area contributed by atoms with Gasteiger partial charge in [-0.1, -0.05) is 301 Å². The van der Waals surface area contributed by atoms with Crippen molar-refractivity contribution in [1.29, 1.82) is 0 Å². The number of pyridine rings is 1. The summed E-state index contributed by atoms with van der Waals surface area (Å²) in [5.41, 5.74) is 7.94. The molecule has 131 heavy (non-hydrogen) atoms. The summed E-state index contributed by atoms with van der Waals surface area (Å²) in [6.07, 6.45) is 7.79. The number of ether oxygens (including phenoxy) is 1. The number of hydrogen-bond donors (Lipinski definition) is 13. The van der Waals surface area contributed by atoms with Crippen molar-refractivity contribution in [3.05, 3.63) is 328 Å². The quantitative estimate of drug-likeness (QED) is 0.0424. The van der Waals surface area contributed by atoms with Crippen LogP contribution in [0.4, 0.5) is 38.9 Å². The number of phenols is 8. The van der Waals surface area contributed by atoms with E-state index in [4.69, 9.17) is 16.3 Å². The topological polar surface area (TPSA) is 350 Å². The second-order valence-electron chi connectivity index (χ2n) is 34.6. The van der Waals surface area contributed by atoms with Crippen molar-refractivity contribution >= 4 is 103 Å². The zero-order valence-electron chi connectivity index (χ0n) is 74.6. The Morgan fingerprint density at radius 1 is 0.420 bits per heavy atom. The van der Waals surface area contributed by atoms with Crippen LogP contribution in [-0.4, -0.2) is 88.5 Å². The minimum Gasteiger partial charge on any atom is -0.506 e. The number of para-hydroxylation sites is 1. The first-order valence-corrected chi connectivity index (χ1v) is 42.6. The molecule has 0 radical (unpaired) electrons. The van der Waals surface area contributed by atoms with Crippen LogP contribution in [0.3, 0.4) is 0 Å². The molecule has 0 unspecified atom stereocenters. The third kappa shape index (κ3) is 29.1. The second-order valence-corrected chi connectivity index (χ2v) is 35.0.